The standard InChI is InChI=1S/C21H16Cl2N6O2/c1-11-8-12(22)9-13(18(24)30)17(11)27-20(31)15-10-16(21(25-2)5-6-21)28-29(15)19-14(23)4-3-7-26-19/h3-4,7-10H,5-6H2,1H3,(H2,24,30)(H,27,31). The van der Waals surface area contributed by atoms with Gasteiger partial charge >= 0.3 is 0 Å². The van der Waals surface area contributed by atoms with Crippen molar-refractivity contribution in [3.63, 3.8) is 0 Å². The summed E-state index contributed by atoms with van der Waals surface area (Å²) in [5.74, 6) is -1.04. The van der Waals surface area contributed by atoms with Crippen molar-refractivity contribution < 1.29 is 9.59 Å². The molecule has 1 saturated carbocycles. The minimum Gasteiger partial charge on any atom is -0.366 e. The van der Waals surface area contributed by atoms with Crippen LogP contribution in [0.5, 0.6) is 0 Å². The maximum Gasteiger partial charge on any atom is 0.276 e. The highest BCUT2D eigenvalue weighted by atomic mass is 35.5. The van der Waals surface area contributed by atoms with Crippen LogP contribution in [0.1, 0.15) is 44.9 Å². The molecule has 0 spiro atoms. The summed E-state index contributed by atoms with van der Waals surface area (Å²) in [6.07, 6.45) is 2.85. The fourth-order valence-corrected chi connectivity index (χ4v) is 3.76. The van der Waals surface area contributed by atoms with Crippen molar-refractivity contribution in [3.05, 3.63) is 80.5 Å². The lowest BCUT2D eigenvalue weighted by Crippen LogP contribution is -2.21. The third-order valence-electron chi connectivity index (χ3n) is 5.10. The van der Waals surface area contributed by atoms with Gasteiger partial charge in [-0.25, -0.2) is 16.2 Å². The monoisotopic (exact) mass is 454 g/mol. The van der Waals surface area contributed by atoms with Gasteiger partial charge in [0.15, 0.2) is 5.82 Å². The number of nitrogens with zero attached hydrogens (tertiary/aromatic N) is 4. The second-order valence-corrected chi connectivity index (χ2v) is 8.09. The highest BCUT2D eigenvalue weighted by Gasteiger charge is 2.55. The predicted octanol–water partition coefficient (Wildman–Crippen LogP) is 4.14. The first-order valence-electron chi connectivity index (χ1n) is 9.27. The summed E-state index contributed by atoms with van der Waals surface area (Å²) >= 11 is 12.3. The average molecular weight is 455 g/mol. The van der Waals surface area contributed by atoms with E-state index in [9.17, 15) is 9.59 Å². The number of halogens is 2. The number of nitrogens with two attached hydrogens (primary N) is 1. The van der Waals surface area contributed by atoms with Gasteiger partial charge < -0.3 is 15.9 Å². The number of hydrogen-bond acceptors (Lipinski definition) is 4. The number of carbonyl (C=O) groups is 2. The molecule has 0 aliphatic heterocycles. The number of hydrogen-bond donors (Lipinski definition) is 2. The second-order valence-electron chi connectivity index (χ2n) is 7.24. The van der Waals surface area contributed by atoms with Gasteiger partial charge in [-0.1, -0.05) is 23.2 Å². The lowest BCUT2D eigenvalue weighted by atomic mass is 10.1. The molecule has 1 aliphatic carbocycles. The highest BCUT2D eigenvalue weighted by molar-refractivity contribution is 6.32. The first kappa shape index (κ1) is 20.8. The van der Waals surface area contributed by atoms with Gasteiger partial charge in [0.05, 0.1) is 16.3 Å². The second kappa shape index (κ2) is 7.69. The van der Waals surface area contributed by atoms with E-state index in [1.165, 1.54) is 16.9 Å². The largest absolute Gasteiger partial charge is 0.366 e. The molecule has 2 aromatic heterocycles. The van der Waals surface area contributed by atoms with Gasteiger partial charge in [0, 0.05) is 30.1 Å². The molecule has 2 heterocycles. The Bertz CT molecular complexity index is 1270. The molecule has 3 N–H and O–H groups in total. The van der Waals surface area contributed by atoms with Crippen LogP contribution < -0.4 is 11.1 Å². The molecule has 0 unspecified atom stereocenters. The summed E-state index contributed by atoms with van der Waals surface area (Å²) in [6, 6.07) is 7.85. The van der Waals surface area contributed by atoms with E-state index in [-0.39, 0.29) is 22.8 Å². The fraction of sp³-hybridized carbons (Fsp3) is 0.190. The Balaban J connectivity index is 1.82. The van der Waals surface area contributed by atoms with E-state index in [1.54, 1.807) is 31.2 Å². The zero-order valence-corrected chi connectivity index (χ0v) is 17.8. The van der Waals surface area contributed by atoms with Crippen LogP contribution in [0, 0.1) is 13.5 Å². The summed E-state index contributed by atoms with van der Waals surface area (Å²) in [5.41, 5.74) is 6.21. The van der Waals surface area contributed by atoms with Gasteiger partial charge in [-0.05, 0) is 36.8 Å². The third kappa shape index (κ3) is 3.74. The van der Waals surface area contributed by atoms with Crippen molar-refractivity contribution in [1.82, 2.24) is 14.8 Å². The Hall–Kier alpha value is -3.41. The van der Waals surface area contributed by atoms with Crippen molar-refractivity contribution in [2.24, 2.45) is 5.73 Å². The average Bonchev–Trinajstić information content (AvgIpc) is 3.41. The molecule has 1 aliphatic rings. The van der Waals surface area contributed by atoms with Gasteiger partial charge in [-0.2, -0.15) is 5.10 Å². The molecule has 0 radical (unpaired) electrons. The Labute approximate surface area is 187 Å². The zero-order valence-electron chi connectivity index (χ0n) is 16.3. The summed E-state index contributed by atoms with van der Waals surface area (Å²) in [5, 5.41) is 7.83. The van der Waals surface area contributed by atoms with Gasteiger partial charge in [0.2, 0.25) is 0 Å². The molecule has 156 valence electrons. The highest BCUT2D eigenvalue weighted by Crippen LogP contribution is 2.49. The lowest BCUT2D eigenvalue weighted by Gasteiger charge is -2.13. The van der Waals surface area contributed by atoms with Gasteiger partial charge in [0.25, 0.3) is 17.4 Å². The SMILES string of the molecule is [C-]#[N+]C1(c2cc(C(=O)Nc3c(C)cc(Cl)cc3C(N)=O)n(-c3ncccc3Cl)n2)CC1. The van der Waals surface area contributed by atoms with Crippen LogP contribution in [0.4, 0.5) is 5.69 Å². The normalized spacial score (nSPS) is 14.0. The molecule has 8 nitrogen and oxygen atoms in total. The number of nitrogens with one attached hydrogen (secondary N) is 1. The van der Waals surface area contributed by atoms with Crippen molar-refractivity contribution in [2.75, 3.05) is 5.32 Å². The molecule has 2 amide bonds. The number of rotatable bonds is 5. The zero-order chi connectivity index (χ0) is 22.3. The minimum absolute atomic E-state index is 0.0836. The fourth-order valence-electron chi connectivity index (χ4n) is 3.29. The van der Waals surface area contributed by atoms with E-state index in [4.69, 9.17) is 35.5 Å². The first-order valence-corrected chi connectivity index (χ1v) is 10.0. The van der Waals surface area contributed by atoms with E-state index in [1.807, 2.05) is 0 Å². The first-order chi connectivity index (χ1) is 14.8. The van der Waals surface area contributed by atoms with E-state index >= 15 is 0 Å². The molecule has 3 aromatic rings. The van der Waals surface area contributed by atoms with Gasteiger partial charge in [-0.3, -0.25) is 9.59 Å². The molecule has 31 heavy (non-hydrogen) atoms. The summed E-state index contributed by atoms with van der Waals surface area (Å²) in [7, 11) is 0. The van der Waals surface area contributed by atoms with Crippen molar-refractivity contribution in [1.29, 1.82) is 0 Å². The molecule has 0 atom stereocenters. The maximum absolute atomic E-state index is 13.3. The molecule has 10 heteroatoms. The third-order valence-corrected chi connectivity index (χ3v) is 5.61. The van der Waals surface area contributed by atoms with Crippen LogP contribution in [0.3, 0.4) is 0 Å². The molecular weight excluding hydrogens is 439 g/mol. The van der Waals surface area contributed by atoms with Crippen LogP contribution in [0.15, 0.2) is 36.5 Å². The molecule has 0 saturated heterocycles. The molecule has 4 rings (SSSR count). The van der Waals surface area contributed by atoms with Crippen LogP contribution >= 0.6 is 23.2 Å². The maximum atomic E-state index is 13.3. The van der Waals surface area contributed by atoms with Crippen molar-refractivity contribution >= 4 is 40.7 Å². The minimum atomic E-state index is -0.740. The molecule has 1 aromatic carbocycles. The number of amides is 2. The van der Waals surface area contributed by atoms with Crippen LogP contribution in [0.2, 0.25) is 10.0 Å². The van der Waals surface area contributed by atoms with Crippen molar-refractivity contribution in [3.8, 4) is 5.82 Å². The number of carbonyl (C=O) groups excluding carboxylic acids is 2. The van der Waals surface area contributed by atoms with E-state index in [0.29, 0.717) is 34.1 Å². The topological polar surface area (TPSA) is 107 Å². The Morgan fingerprint density at radius 2 is 2.03 bits per heavy atom. The Kier molecular flexibility index (Phi) is 5.17. The number of anilines is 1. The Morgan fingerprint density at radius 1 is 1.29 bits per heavy atom. The molecular formula is C21H16Cl2N6O2. The van der Waals surface area contributed by atoms with E-state index < -0.39 is 17.4 Å². The number of benzene rings is 1. The summed E-state index contributed by atoms with van der Waals surface area (Å²) in [6.45, 7) is 9.21. The van der Waals surface area contributed by atoms with Gasteiger partial charge in [-0.15, -0.1) is 0 Å². The van der Waals surface area contributed by atoms with Crippen molar-refractivity contribution in [2.45, 2.75) is 25.3 Å². The smallest absolute Gasteiger partial charge is 0.276 e. The number of primary amides is 1. The molecule has 0 bridgehead atoms. The number of aromatic nitrogens is 3. The van der Waals surface area contributed by atoms with E-state index in [0.717, 1.165) is 0 Å². The quantitative estimate of drug-likeness (QED) is 0.564. The predicted molar refractivity (Wildman–Crippen MR) is 117 cm³/mol. The summed E-state index contributed by atoms with van der Waals surface area (Å²) in [4.78, 5) is 33.1. The van der Waals surface area contributed by atoms with Gasteiger partial charge in [0.1, 0.15) is 11.4 Å². The number of pyridine rings is 1. The van der Waals surface area contributed by atoms with Crippen LogP contribution in [-0.2, 0) is 5.54 Å². The lowest BCUT2D eigenvalue weighted by molar-refractivity contribution is 0.100. The number of aryl methyl sites for hydroxylation is 1. The van der Waals surface area contributed by atoms with Crippen LogP contribution in [0.25, 0.3) is 10.7 Å². The van der Waals surface area contributed by atoms with Crippen LogP contribution in [-0.4, -0.2) is 26.6 Å². The Morgan fingerprint density at radius 3 is 2.65 bits per heavy atom. The van der Waals surface area contributed by atoms with E-state index in [2.05, 4.69) is 20.2 Å². The summed E-state index contributed by atoms with van der Waals surface area (Å²) < 4.78 is 1.31. The molecule has 1 fully saturated rings.